The van der Waals surface area contributed by atoms with Gasteiger partial charge < -0.3 is 27.2 Å². The van der Waals surface area contributed by atoms with E-state index in [0.29, 0.717) is 22.2 Å². The lowest BCUT2D eigenvalue weighted by Gasteiger charge is -2.00. The minimum atomic E-state index is -0.429. The van der Waals surface area contributed by atoms with Gasteiger partial charge in [-0.1, -0.05) is 36.4 Å². The molecule has 0 bridgehead atoms. The minimum Gasteiger partial charge on any atom is -1.00 e. The van der Waals surface area contributed by atoms with E-state index in [-0.39, 0.29) is 24.9 Å². The van der Waals surface area contributed by atoms with Gasteiger partial charge >= 0.3 is 0 Å². The number of para-hydroxylation sites is 2. The molecular weight excluding hydrogens is 464 g/mol. The molecule has 1 aromatic heterocycles. The predicted molar refractivity (Wildman–Crippen MR) is 122 cm³/mol. The zero-order chi connectivity index (χ0) is 21.9. The molecule has 8 nitrogen and oxygen atoms in total. The van der Waals surface area contributed by atoms with E-state index in [1.807, 2.05) is 66.7 Å². The molecule has 0 radical (unpaired) electrons. The topological polar surface area (TPSA) is 90.4 Å². The molecule has 2 heterocycles. The number of rotatable bonds is 6. The van der Waals surface area contributed by atoms with E-state index >= 15 is 0 Å². The molecule has 0 unspecified atom stereocenters. The van der Waals surface area contributed by atoms with Crippen LogP contribution in [0.4, 0.5) is 16.5 Å². The van der Waals surface area contributed by atoms with Crippen LogP contribution in [0.1, 0.15) is 10.6 Å². The van der Waals surface area contributed by atoms with Gasteiger partial charge in [-0.3, -0.25) is 10.1 Å². The molecule has 0 spiro atoms. The number of nitrogens with one attached hydrogen (secondary N) is 1. The fourth-order valence-electron chi connectivity index (χ4n) is 3.26. The minimum absolute atomic E-state index is 0. The van der Waals surface area contributed by atoms with Crippen molar-refractivity contribution in [3.05, 3.63) is 93.5 Å². The molecule has 1 aliphatic heterocycles. The second-order valence-electron chi connectivity index (χ2n) is 6.84. The quantitative estimate of drug-likeness (QED) is 0.258. The summed E-state index contributed by atoms with van der Waals surface area (Å²) in [7, 11) is 0. The third-order valence-corrected chi connectivity index (χ3v) is 5.65. The number of nitro benzene ring substituents is 1. The maximum Gasteiger partial charge on any atom is 0.297 e. The van der Waals surface area contributed by atoms with Crippen molar-refractivity contribution in [3.8, 4) is 17.2 Å². The van der Waals surface area contributed by atoms with Gasteiger partial charge in [-0.05, 0) is 40.3 Å². The first-order valence-corrected chi connectivity index (χ1v) is 10.6. The second-order valence-corrected chi connectivity index (χ2v) is 7.85. The van der Waals surface area contributed by atoms with Gasteiger partial charge in [0.15, 0.2) is 11.5 Å². The number of aromatic nitrogens is 2. The first kappa shape index (κ1) is 22.3. The molecule has 33 heavy (non-hydrogen) atoms. The molecule has 1 aliphatic rings. The van der Waals surface area contributed by atoms with Crippen LogP contribution in [0.2, 0.25) is 0 Å². The highest BCUT2D eigenvalue weighted by Crippen LogP contribution is 2.38. The Kier molecular flexibility index (Phi) is 6.53. The molecule has 0 aliphatic carbocycles. The Balaban J connectivity index is 0.00000259. The number of benzene rings is 3. The number of hydrogen-bond acceptors (Lipinski definition) is 7. The zero-order valence-electron chi connectivity index (χ0n) is 17.1. The SMILES string of the molecule is O=[N+]([O-])c1cc2c(cc1/C=C/c1sc(Nc3ccccc3)n[n+]1-c1ccccc1)OCO2.[Cl-]. The Bertz CT molecular complexity index is 1310. The van der Waals surface area contributed by atoms with Crippen LogP contribution in [0.25, 0.3) is 17.8 Å². The highest BCUT2D eigenvalue weighted by Gasteiger charge is 2.24. The number of hydrogen-bond donors (Lipinski definition) is 1. The van der Waals surface area contributed by atoms with Gasteiger partial charge in [0.1, 0.15) is 0 Å². The molecule has 5 rings (SSSR count). The van der Waals surface area contributed by atoms with Gasteiger partial charge in [-0.2, -0.15) is 0 Å². The lowest BCUT2D eigenvalue weighted by atomic mass is 10.1. The van der Waals surface area contributed by atoms with Crippen LogP contribution in [-0.2, 0) is 0 Å². The third kappa shape index (κ3) is 4.79. The maximum atomic E-state index is 11.6. The van der Waals surface area contributed by atoms with Gasteiger partial charge in [0.2, 0.25) is 12.5 Å². The Morgan fingerprint density at radius 1 is 1.00 bits per heavy atom. The van der Waals surface area contributed by atoms with Crippen LogP contribution in [-0.4, -0.2) is 16.8 Å². The summed E-state index contributed by atoms with van der Waals surface area (Å²) in [6, 6.07) is 22.5. The monoisotopic (exact) mass is 480 g/mol. The summed E-state index contributed by atoms with van der Waals surface area (Å²) in [5.74, 6) is 0.863. The van der Waals surface area contributed by atoms with Gasteiger partial charge in [0, 0.05) is 29.0 Å². The summed E-state index contributed by atoms with van der Waals surface area (Å²) in [6.07, 6.45) is 3.50. The first-order chi connectivity index (χ1) is 15.7. The molecule has 10 heteroatoms. The van der Waals surface area contributed by atoms with Gasteiger partial charge in [-0.15, -0.1) is 0 Å². The summed E-state index contributed by atoms with van der Waals surface area (Å²) >= 11 is 1.44. The lowest BCUT2D eigenvalue weighted by molar-refractivity contribution is -0.654. The lowest BCUT2D eigenvalue weighted by Crippen LogP contribution is -3.00. The number of halogens is 1. The molecular formula is C23H17ClN4O4S. The number of nitrogens with zero attached hydrogens (tertiary/aromatic N) is 3. The van der Waals surface area contributed by atoms with Gasteiger partial charge in [0.25, 0.3) is 15.8 Å². The summed E-state index contributed by atoms with van der Waals surface area (Å²) < 4.78 is 12.5. The molecule has 0 fully saturated rings. The van der Waals surface area contributed by atoms with E-state index < -0.39 is 4.92 Å². The molecule has 0 atom stereocenters. The summed E-state index contributed by atoms with van der Waals surface area (Å²) in [5.41, 5.74) is 2.17. The highest BCUT2D eigenvalue weighted by molar-refractivity contribution is 7.15. The summed E-state index contributed by atoms with van der Waals surface area (Å²) in [4.78, 5) is 11.2. The van der Waals surface area contributed by atoms with Crippen molar-refractivity contribution in [1.29, 1.82) is 0 Å². The van der Waals surface area contributed by atoms with Crippen LogP contribution in [0, 0.1) is 10.1 Å². The van der Waals surface area contributed by atoms with E-state index in [9.17, 15) is 10.1 Å². The summed E-state index contributed by atoms with van der Waals surface area (Å²) in [5, 5.41) is 21.1. The average Bonchev–Trinajstić information content (AvgIpc) is 3.44. The van der Waals surface area contributed by atoms with Crippen molar-refractivity contribution in [1.82, 2.24) is 5.10 Å². The Morgan fingerprint density at radius 2 is 1.67 bits per heavy atom. The van der Waals surface area contributed by atoms with Gasteiger partial charge in [-0.25, -0.2) is 0 Å². The fourth-order valence-corrected chi connectivity index (χ4v) is 4.11. The Hall–Kier alpha value is -3.95. The summed E-state index contributed by atoms with van der Waals surface area (Å²) in [6.45, 7) is 0.0526. The molecule has 3 aromatic carbocycles. The zero-order valence-corrected chi connectivity index (χ0v) is 18.6. The van der Waals surface area contributed by atoms with Crippen LogP contribution in [0.15, 0.2) is 72.8 Å². The molecule has 0 saturated carbocycles. The van der Waals surface area contributed by atoms with Crippen LogP contribution in [0.3, 0.4) is 0 Å². The van der Waals surface area contributed by atoms with Crippen LogP contribution < -0.4 is 31.9 Å². The van der Waals surface area contributed by atoms with E-state index in [1.54, 1.807) is 16.8 Å². The van der Waals surface area contributed by atoms with E-state index in [1.165, 1.54) is 17.4 Å². The third-order valence-electron chi connectivity index (χ3n) is 4.75. The van der Waals surface area contributed by atoms with E-state index in [0.717, 1.165) is 16.4 Å². The average molecular weight is 481 g/mol. The molecule has 1 N–H and O–H groups in total. The second kappa shape index (κ2) is 9.68. The molecule has 4 aromatic rings. The van der Waals surface area contributed by atoms with Crippen molar-refractivity contribution < 1.29 is 31.5 Å². The van der Waals surface area contributed by atoms with Gasteiger partial charge in [0.05, 0.1) is 16.6 Å². The standard InChI is InChI=1S/C23H17N4O4S.ClH/c28-27(29)19-14-21-20(30-15-31-21)13-16(19)11-12-22-26(18-9-5-2-6-10-18)25-23(32-22)24-17-7-3-1-4-8-17;/h1-14H,15H2,(H,24,25);1H/q+1;/p-1/b12-11+;. The molecule has 0 amide bonds. The first-order valence-electron chi connectivity index (χ1n) is 9.74. The molecule has 166 valence electrons. The van der Waals surface area contributed by atoms with Crippen molar-refractivity contribution in [2.75, 3.05) is 12.1 Å². The highest BCUT2D eigenvalue weighted by atomic mass is 35.5. The van der Waals surface area contributed by atoms with Crippen molar-refractivity contribution in [2.45, 2.75) is 0 Å². The predicted octanol–water partition coefficient (Wildman–Crippen LogP) is 1.97. The number of nitro groups is 1. The van der Waals surface area contributed by atoms with Crippen molar-refractivity contribution >= 4 is 40.0 Å². The van der Waals surface area contributed by atoms with E-state index in [4.69, 9.17) is 14.6 Å². The number of ether oxygens (including phenoxy) is 2. The van der Waals surface area contributed by atoms with Crippen LogP contribution >= 0.6 is 11.3 Å². The van der Waals surface area contributed by atoms with Crippen LogP contribution in [0.5, 0.6) is 11.5 Å². The Morgan fingerprint density at radius 3 is 2.36 bits per heavy atom. The number of fused-ring (bicyclic) bond motifs is 1. The largest absolute Gasteiger partial charge is 1.00 e. The normalized spacial score (nSPS) is 11.9. The van der Waals surface area contributed by atoms with E-state index in [2.05, 4.69) is 5.32 Å². The maximum absolute atomic E-state index is 11.6. The molecule has 0 saturated heterocycles. The fraction of sp³-hybridized carbons (Fsp3) is 0.0435. The Labute approximate surface area is 199 Å². The van der Waals surface area contributed by atoms with Crippen molar-refractivity contribution in [2.24, 2.45) is 0 Å². The smallest absolute Gasteiger partial charge is 0.297 e. The number of anilines is 2. The van der Waals surface area contributed by atoms with Crippen molar-refractivity contribution in [3.63, 3.8) is 0 Å².